The Bertz CT molecular complexity index is 605. The van der Waals surface area contributed by atoms with E-state index in [0.717, 1.165) is 4.47 Å². The lowest BCUT2D eigenvalue weighted by atomic mass is 10.3. The number of carbonyl (C=O) groups is 1. The van der Waals surface area contributed by atoms with E-state index in [0.29, 0.717) is 10.2 Å². The molecule has 0 spiro atoms. The smallest absolute Gasteiger partial charge is 0.360 e. The summed E-state index contributed by atoms with van der Waals surface area (Å²) in [4.78, 5) is 18.5. The van der Waals surface area contributed by atoms with Gasteiger partial charge in [0.15, 0.2) is 0 Å². The minimum absolute atomic E-state index is 0.0481. The first-order valence-electron chi connectivity index (χ1n) is 4.75. The average Bonchev–Trinajstić information content (AvgIpc) is 2.33. The van der Waals surface area contributed by atoms with E-state index in [1.165, 1.54) is 12.4 Å². The standard InChI is InChI=1S/C11H6Br2N2O3/c12-6-1-2-8(7(13)5-6)18-10-9(11(16)17)14-3-4-15-10/h1-5H,(H,16,17). The molecule has 0 fully saturated rings. The lowest BCUT2D eigenvalue weighted by Gasteiger charge is -2.08. The third-order valence-electron chi connectivity index (χ3n) is 1.97. The SMILES string of the molecule is O=C(O)c1nccnc1Oc1ccc(Br)cc1Br. The summed E-state index contributed by atoms with van der Waals surface area (Å²) in [6.07, 6.45) is 2.67. The summed E-state index contributed by atoms with van der Waals surface area (Å²) in [5.74, 6) is -0.777. The van der Waals surface area contributed by atoms with Crippen LogP contribution in [-0.2, 0) is 0 Å². The molecule has 0 atom stereocenters. The summed E-state index contributed by atoms with van der Waals surface area (Å²) >= 11 is 6.63. The van der Waals surface area contributed by atoms with E-state index in [-0.39, 0.29) is 11.6 Å². The molecule has 0 aliphatic carbocycles. The molecule has 92 valence electrons. The van der Waals surface area contributed by atoms with Crippen molar-refractivity contribution in [3.8, 4) is 11.6 Å². The summed E-state index contributed by atoms with van der Waals surface area (Å²) in [5, 5.41) is 8.96. The first kappa shape index (κ1) is 13.0. The molecule has 0 aliphatic heterocycles. The van der Waals surface area contributed by atoms with Crippen LogP contribution in [-0.4, -0.2) is 21.0 Å². The van der Waals surface area contributed by atoms with Gasteiger partial charge in [0.05, 0.1) is 4.47 Å². The molecule has 1 aromatic heterocycles. The van der Waals surface area contributed by atoms with Crippen molar-refractivity contribution < 1.29 is 14.6 Å². The number of rotatable bonds is 3. The van der Waals surface area contributed by atoms with Crippen LogP contribution >= 0.6 is 31.9 Å². The second kappa shape index (κ2) is 5.45. The highest BCUT2D eigenvalue weighted by Crippen LogP contribution is 2.31. The molecule has 0 aliphatic rings. The van der Waals surface area contributed by atoms with Crippen molar-refractivity contribution in [3.05, 3.63) is 45.2 Å². The zero-order valence-electron chi connectivity index (χ0n) is 8.80. The maximum atomic E-state index is 10.9. The minimum Gasteiger partial charge on any atom is -0.476 e. The van der Waals surface area contributed by atoms with Crippen molar-refractivity contribution in [1.82, 2.24) is 9.97 Å². The first-order chi connectivity index (χ1) is 8.58. The quantitative estimate of drug-likeness (QED) is 0.891. The lowest BCUT2D eigenvalue weighted by Crippen LogP contribution is -2.04. The molecule has 0 unspecified atom stereocenters. The van der Waals surface area contributed by atoms with Crippen molar-refractivity contribution in [2.75, 3.05) is 0 Å². The number of nitrogens with zero attached hydrogens (tertiary/aromatic N) is 2. The number of benzene rings is 1. The summed E-state index contributed by atoms with van der Waals surface area (Å²) in [6.45, 7) is 0. The topological polar surface area (TPSA) is 72.3 Å². The summed E-state index contributed by atoms with van der Waals surface area (Å²) in [6, 6.07) is 5.25. The zero-order valence-corrected chi connectivity index (χ0v) is 12.0. The average molecular weight is 374 g/mol. The van der Waals surface area contributed by atoms with Gasteiger partial charge in [-0.25, -0.2) is 14.8 Å². The molecule has 1 heterocycles. The number of carboxylic acids is 1. The Kier molecular flexibility index (Phi) is 3.93. The van der Waals surface area contributed by atoms with Gasteiger partial charge in [-0.2, -0.15) is 0 Å². The molecule has 2 rings (SSSR count). The third kappa shape index (κ3) is 2.85. The first-order valence-corrected chi connectivity index (χ1v) is 6.33. The van der Waals surface area contributed by atoms with Gasteiger partial charge in [-0.3, -0.25) is 0 Å². The van der Waals surface area contributed by atoms with E-state index in [1.54, 1.807) is 18.2 Å². The van der Waals surface area contributed by atoms with Gasteiger partial charge in [0.25, 0.3) is 5.88 Å². The number of hydrogen-bond acceptors (Lipinski definition) is 4. The second-order valence-corrected chi connectivity index (χ2v) is 4.96. The molecule has 0 amide bonds. The molecule has 0 radical (unpaired) electrons. The highest BCUT2D eigenvalue weighted by Gasteiger charge is 2.15. The van der Waals surface area contributed by atoms with E-state index in [9.17, 15) is 4.79 Å². The maximum absolute atomic E-state index is 10.9. The Balaban J connectivity index is 2.37. The van der Waals surface area contributed by atoms with Crippen molar-refractivity contribution in [2.45, 2.75) is 0 Å². The molecule has 1 N–H and O–H groups in total. The van der Waals surface area contributed by atoms with Crippen LogP contribution in [0.5, 0.6) is 11.6 Å². The Labute approximate surface area is 119 Å². The van der Waals surface area contributed by atoms with Crippen LogP contribution in [0.15, 0.2) is 39.5 Å². The molecule has 18 heavy (non-hydrogen) atoms. The van der Waals surface area contributed by atoms with Crippen LogP contribution in [0.25, 0.3) is 0 Å². The fourth-order valence-corrected chi connectivity index (χ4v) is 2.34. The van der Waals surface area contributed by atoms with Gasteiger partial charge in [0.1, 0.15) is 5.75 Å². The molecule has 2 aromatic rings. The fourth-order valence-electron chi connectivity index (χ4n) is 1.21. The number of ether oxygens (including phenoxy) is 1. The van der Waals surface area contributed by atoms with E-state index in [2.05, 4.69) is 41.8 Å². The normalized spacial score (nSPS) is 10.1. The van der Waals surface area contributed by atoms with Gasteiger partial charge in [-0.05, 0) is 34.1 Å². The van der Waals surface area contributed by atoms with Crippen LogP contribution in [0.1, 0.15) is 10.5 Å². The molecule has 7 heteroatoms. The van der Waals surface area contributed by atoms with Gasteiger partial charge in [0.2, 0.25) is 5.69 Å². The van der Waals surface area contributed by atoms with Crippen molar-refractivity contribution in [3.63, 3.8) is 0 Å². The second-order valence-electron chi connectivity index (χ2n) is 3.19. The molecule has 1 aromatic carbocycles. The predicted molar refractivity (Wildman–Crippen MR) is 70.9 cm³/mol. The van der Waals surface area contributed by atoms with E-state index >= 15 is 0 Å². The lowest BCUT2D eigenvalue weighted by molar-refractivity contribution is 0.0686. The Morgan fingerprint density at radius 1 is 1.22 bits per heavy atom. The maximum Gasteiger partial charge on any atom is 0.360 e. The molecule has 5 nitrogen and oxygen atoms in total. The minimum atomic E-state index is -1.19. The van der Waals surface area contributed by atoms with Crippen LogP contribution in [0.4, 0.5) is 0 Å². The number of aromatic carboxylic acids is 1. The van der Waals surface area contributed by atoms with Gasteiger partial charge in [0, 0.05) is 16.9 Å². The van der Waals surface area contributed by atoms with Gasteiger partial charge < -0.3 is 9.84 Å². The van der Waals surface area contributed by atoms with Crippen LogP contribution < -0.4 is 4.74 Å². The largest absolute Gasteiger partial charge is 0.476 e. The van der Waals surface area contributed by atoms with Gasteiger partial charge >= 0.3 is 5.97 Å². The predicted octanol–water partition coefficient (Wildman–Crippen LogP) is 3.49. The summed E-state index contributed by atoms with van der Waals surface area (Å²) < 4.78 is 6.99. The number of carboxylic acid groups (broad SMARTS) is 1. The summed E-state index contributed by atoms with van der Waals surface area (Å²) in [5.41, 5.74) is -0.229. The molecular formula is C11H6Br2N2O3. The number of aromatic nitrogens is 2. The highest BCUT2D eigenvalue weighted by atomic mass is 79.9. The van der Waals surface area contributed by atoms with Crippen molar-refractivity contribution in [2.24, 2.45) is 0 Å². The Morgan fingerprint density at radius 2 is 1.94 bits per heavy atom. The summed E-state index contributed by atoms with van der Waals surface area (Å²) in [7, 11) is 0. The third-order valence-corrected chi connectivity index (χ3v) is 3.08. The molecule has 0 bridgehead atoms. The Morgan fingerprint density at radius 3 is 2.61 bits per heavy atom. The highest BCUT2D eigenvalue weighted by molar-refractivity contribution is 9.11. The van der Waals surface area contributed by atoms with Gasteiger partial charge in [-0.15, -0.1) is 0 Å². The van der Waals surface area contributed by atoms with E-state index in [4.69, 9.17) is 9.84 Å². The van der Waals surface area contributed by atoms with Crippen LogP contribution in [0.3, 0.4) is 0 Å². The van der Waals surface area contributed by atoms with Crippen molar-refractivity contribution >= 4 is 37.8 Å². The fraction of sp³-hybridized carbons (Fsp3) is 0. The monoisotopic (exact) mass is 372 g/mol. The van der Waals surface area contributed by atoms with Crippen LogP contribution in [0.2, 0.25) is 0 Å². The molecule has 0 saturated carbocycles. The number of halogens is 2. The van der Waals surface area contributed by atoms with Gasteiger partial charge in [-0.1, -0.05) is 15.9 Å². The Hall–Kier alpha value is -1.47. The van der Waals surface area contributed by atoms with Crippen LogP contribution in [0, 0.1) is 0 Å². The zero-order chi connectivity index (χ0) is 13.1. The molecule has 0 saturated heterocycles. The van der Waals surface area contributed by atoms with Crippen molar-refractivity contribution in [1.29, 1.82) is 0 Å². The van der Waals surface area contributed by atoms with E-state index in [1.807, 2.05) is 0 Å². The van der Waals surface area contributed by atoms with E-state index < -0.39 is 5.97 Å². The number of hydrogen-bond donors (Lipinski definition) is 1. The molecular weight excluding hydrogens is 368 g/mol.